The molecule has 1 saturated heterocycles. The third-order valence-corrected chi connectivity index (χ3v) is 3.39. The molecule has 1 spiro atoms. The van der Waals surface area contributed by atoms with E-state index in [1.807, 2.05) is 0 Å². The van der Waals surface area contributed by atoms with Crippen LogP contribution >= 0.6 is 0 Å². The fraction of sp³-hybridized carbons (Fsp3) is 0.818. The standard InChI is InChI=1S/C11H18O/c1-8(2)10-5-4-9(3)6-11(10)7-12-11/h9-10H,1,4-7H2,2-3H3/t9-,10+,11?/m1/s1. The van der Waals surface area contributed by atoms with Crippen LogP contribution in [0.1, 0.15) is 33.1 Å². The molecule has 1 heteroatoms. The number of hydrogen-bond donors (Lipinski definition) is 0. The van der Waals surface area contributed by atoms with Crippen LogP contribution in [0.25, 0.3) is 0 Å². The monoisotopic (exact) mass is 166 g/mol. The quantitative estimate of drug-likeness (QED) is 0.431. The molecule has 0 aromatic carbocycles. The van der Waals surface area contributed by atoms with E-state index in [1.54, 1.807) is 0 Å². The van der Waals surface area contributed by atoms with Crippen molar-refractivity contribution in [3.63, 3.8) is 0 Å². The first-order chi connectivity index (χ1) is 5.64. The van der Waals surface area contributed by atoms with Crippen molar-refractivity contribution in [2.75, 3.05) is 6.61 Å². The lowest BCUT2D eigenvalue weighted by molar-refractivity contribution is 0.149. The van der Waals surface area contributed by atoms with Crippen molar-refractivity contribution in [3.8, 4) is 0 Å². The summed E-state index contributed by atoms with van der Waals surface area (Å²) < 4.78 is 5.62. The van der Waals surface area contributed by atoms with Gasteiger partial charge in [-0.05, 0) is 32.1 Å². The lowest BCUT2D eigenvalue weighted by atomic mass is 9.72. The Hall–Kier alpha value is -0.300. The van der Waals surface area contributed by atoms with Crippen LogP contribution in [0.4, 0.5) is 0 Å². The Morgan fingerprint density at radius 3 is 2.67 bits per heavy atom. The maximum Gasteiger partial charge on any atom is 0.0983 e. The molecule has 1 saturated carbocycles. The van der Waals surface area contributed by atoms with Gasteiger partial charge >= 0.3 is 0 Å². The molecule has 2 aliphatic rings. The van der Waals surface area contributed by atoms with Gasteiger partial charge in [0.2, 0.25) is 0 Å². The molecule has 0 radical (unpaired) electrons. The SMILES string of the molecule is C=C(C)[C@@H]1CC[C@@H](C)CC12CO2. The molecule has 1 aliphatic carbocycles. The molecule has 0 N–H and O–H groups in total. The molecule has 2 fully saturated rings. The Bertz CT molecular complexity index is 203. The van der Waals surface area contributed by atoms with E-state index >= 15 is 0 Å². The molecule has 0 amide bonds. The molecule has 12 heavy (non-hydrogen) atoms. The molecule has 3 atom stereocenters. The average Bonchev–Trinajstić information content (AvgIpc) is 2.68. The van der Waals surface area contributed by atoms with E-state index in [2.05, 4.69) is 20.4 Å². The first-order valence-corrected chi connectivity index (χ1v) is 4.93. The molecule has 1 nitrogen and oxygen atoms in total. The summed E-state index contributed by atoms with van der Waals surface area (Å²) >= 11 is 0. The molecular weight excluding hydrogens is 148 g/mol. The topological polar surface area (TPSA) is 12.5 Å². The smallest absolute Gasteiger partial charge is 0.0983 e. The van der Waals surface area contributed by atoms with E-state index in [9.17, 15) is 0 Å². The van der Waals surface area contributed by atoms with E-state index in [-0.39, 0.29) is 5.60 Å². The van der Waals surface area contributed by atoms with E-state index in [4.69, 9.17) is 4.74 Å². The summed E-state index contributed by atoms with van der Waals surface area (Å²) in [6.07, 6.45) is 3.89. The second-order valence-corrected chi connectivity index (χ2v) is 4.64. The van der Waals surface area contributed by atoms with Crippen molar-refractivity contribution in [1.29, 1.82) is 0 Å². The van der Waals surface area contributed by atoms with Gasteiger partial charge in [0, 0.05) is 5.92 Å². The van der Waals surface area contributed by atoms with Gasteiger partial charge in [-0.3, -0.25) is 0 Å². The normalized spacial score (nSPS) is 46.2. The maximum absolute atomic E-state index is 5.62. The Balaban J connectivity index is 2.10. The summed E-state index contributed by atoms with van der Waals surface area (Å²) in [7, 11) is 0. The summed E-state index contributed by atoms with van der Waals surface area (Å²) in [4.78, 5) is 0. The minimum Gasteiger partial charge on any atom is -0.369 e. The van der Waals surface area contributed by atoms with Crippen LogP contribution in [-0.2, 0) is 4.74 Å². The van der Waals surface area contributed by atoms with Crippen LogP contribution in [-0.4, -0.2) is 12.2 Å². The zero-order chi connectivity index (χ0) is 8.77. The predicted molar refractivity (Wildman–Crippen MR) is 50.0 cm³/mol. The first kappa shape index (κ1) is 8.31. The second-order valence-electron chi connectivity index (χ2n) is 4.64. The molecule has 68 valence electrons. The van der Waals surface area contributed by atoms with Crippen molar-refractivity contribution in [2.45, 2.75) is 38.7 Å². The highest BCUT2D eigenvalue weighted by Crippen LogP contribution is 2.50. The van der Waals surface area contributed by atoms with Crippen molar-refractivity contribution >= 4 is 0 Å². The lowest BCUT2D eigenvalue weighted by Gasteiger charge is -2.33. The highest BCUT2D eigenvalue weighted by Gasteiger charge is 2.53. The van der Waals surface area contributed by atoms with Crippen LogP contribution in [0.15, 0.2) is 12.2 Å². The predicted octanol–water partition coefficient (Wildman–Crippen LogP) is 2.77. The van der Waals surface area contributed by atoms with E-state index < -0.39 is 0 Å². The van der Waals surface area contributed by atoms with Gasteiger partial charge in [0.25, 0.3) is 0 Å². The van der Waals surface area contributed by atoms with E-state index in [1.165, 1.54) is 24.8 Å². The minimum atomic E-state index is 0.240. The molecule has 1 aliphatic heterocycles. The Morgan fingerprint density at radius 2 is 2.17 bits per heavy atom. The zero-order valence-electron chi connectivity index (χ0n) is 8.10. The molecule has 2 rings (SSSR count). The fourth-order valence-corrected chi connectivity index (χ4v) is 2.66. The van der Waals surface area contributed by atoms with Gasteiger partial charge in [0.1, 0.15) is 0 Å². The third-order valence-electron chi connectivity index (χ3n) is 3.39. The summed E-state index contributed by atoms with van der Waals surface area (Å²) in [6, 6.07) is 0. The fourth-order valence-electron chi connectivity index (χ4n) is 2.66. The molecule has 1 heterocycles. The average molecular weight is 166 g/mol. The molecule has 0 bridgehead atoms. The summed E-state index contributed by atoms with van der Waals surface area (Å²) in [5.74, 6) is 1.50. The maximum atomic E-state index is 5.62. The van der Waals surface area contributed by atoms with E-state index in [0.717, 1.165) is 12.5 Å². The van der Waals surface area contributed by atoms with Gasteiger partial charge in [-0.1, -0.05) is 19.1 Å². The number of ether oxygens (including phenoxy) is 1. The van der Waals surface area contributed by atoms with Crippen molar-refractivity contribution < 1.29 is 4.74 Å². The Labute approximate surface area is 74.8 Å². The van der Waals surface area contributed by atoms with E-state index in [0.29, 0.717) is 5.92 Å². The Morgan fingerprint density at radius 1 is 1.50 bits per heavy atom. The minimum absolute atomic E-state index is 0.240. The summed E-state index contributed by atoms with van der Waals surface area (Å²) in [6.45, 7) is 9.51. The van der Waals surface area contributed by atoms with Gasteiger partial charge in [-0.25, -0.2) is 0 Å². The van der Waals surface area contributed by atoms with Gasteiger partial charge in [0.05, 0.1) is 12.2 Å². The van der Waals surface area contributed by atoms with Crippen LogP contribution in [0, 0.1) is 11.8 Å². The van der Waals surface area contributed by atoms with Crippen molar-refractivity contribution in [1.82, 2.24) is 0 Å². The molecule has 0 aromatic heterocycles. The van der Waals surface area contributed by atoms with Gasteiger partial charge < -0.3 is 4.74 Å². The van der Waals surface area contributed by atoms with Crippen LogP contribution in [0.3, 0.4) is 0 Å². The number of epoxide rings is 1. The molecule has 0 aromatic rings. The van der Waals surface area contributed by atoms with Gasteiger partial charge in [-0.15, -0.1) is 0 Å². The summed E-state index contributed by atoms with van der Waals surface area (Å²) in [5, 5.41) is 0. The van der Waals surface area contributed by atoms with Crippen molar-refractivity contribution in [2.24, 2.45) is 11.8 Å². The Kier molecular flexibility index (Phi) is 1.80. The lowest BCUT2D eigenvalue weighted by Crippen LogP contribution is -2.32. The second kappa shape index (κ2) is 2.59. The molecular formula is C11H18O. The number of rotatable bonds is 1. The zero-order valence-corrected chi connectivity index (χ0v) is 8.10. The third kappa shape index (κ3) is 1.20. The van der Waals surface area contributed by atoms with Crippen LogP contribution in [0.5, 0.6) is 0 Å². The van der Waals surface area contributed by atoms with Crippen molar-refractivity contribution in [3.05, 3.63) is 12.2 Å². The largest absolute Gasteiger partial charge is 0.369 e. The highest BCUT2D eigenvalue weighted by atomic mass is 16.6. The van der Waals surface area contributed by atoms with Gasteiger partial charge in [0.15, 0.2) is 0 Å². The number of hydrogen-bond acceptors (Lipinski definition) is 1. The van der Waals surface area contributed by atoms with Crippen LogP contribution in [0.2, 0.25) is 0 Å². The highest BCUT2D eigenvalue weighted by molar-refractivity contribution is 5.14. The summed E-state index contributed by atoms with van der Waals surface area (Å²) in [5.41, 5.74) is 1.56. The van der Waals surface area contributed by atoms with Crippen LogP contribution < -0.4 is 0 Å². The first-order valence-electron chi connectivity index (χ1n) is 4.93. The molecule has 1 unspecified atom stereocenters. The van der Waals surface area contributed by atoms with Gasteiger partial charge in [-0.2, -0.15) is 0 Å².